The molecule has 8 rings (SSSR count). The van der Waals surface area contributed by atoms with E-state index in [1.165, 1.54) is 40.6 Å². The van der Waals surface area contributed by atoms with Crippen LogP contribution < -0.4 is 18.9 Å². The molecule has 280 valence electrons. The van der Waals surface area contributed by atoms with Gasteiger partial charge in [-0.25, -0.2) is 0 Å². The van der Waals surface area contributed by atoms with Crippen molar-refractivity contribution in [2.45, 2.75) is 17.8 Å². The standard InChI is InChI=1S/C43H30F6O4S2/c1-50-27-12-5-23(6-13-27)34-22-33(38(54-34)24-7-14-28(51-2)15-8-24)36-37(42(46,47)43(48,49)41(36,44)45)35-32-19-11-26-21-30(53-4)18-20-31(26)40(32)55-39(35)25-9-16-29(52-3)17-10-25/h5-22H,1-4H3. The monoisotopic (exact) mass is 788 g/mol. The highest BCUT2D eigenvalue weighted by molar-refractivity contribution is 7.23. The van der Waals surface area contributed by atoms with Crippen molar-refractivity contribution in [3.8, 4) is 54.3 Å². The van der Waals surface area contributed by atoms with Crippen molar-refractivity contribution < 1.29 is 45.3 Å². The molecule has 0 aliphatic heterocycles. The second kappa shape index (κ2) is 13.4. The zero-order valence-electron chi connectivity index (χ0n) is 29.6. The highest BCUT2D eigenvalue weighted by Gasteiger charge is 2.80. The predicted octanol–water partition coefficient (Wildman–Crippen LogP) is 13.0. The largest absolute Gasteiger partial charge is 0.497 e. The Bertz CT molecular complexity index is 2610. The van der Waals surface area contributed by atoms with Gasteiger partial charge in [0.1, 0.15) is 23.0 Å². The molecule has 5 aromatic carbocycles. The van der Waals surface area contributed by atoms with Gasteiger partial charge in [0, 0.05) is 47.0 Å². The van der Waals surface area contributed by atoms with Crippen LogP contribution in [0, 0.1) is 0 Å². The number of thiophene rings is 2. The van der Waals surface area contributed by atoms with Gasteiger partial charge < -0.3 is 18.9 Å². The number of hydrogen-bond acceptors (Lipinski definition) is 6. The maximum absolute atomic E-state index is 16.8. The summed E-state index contributed by atoms with van der Waals surface area (Å²) in [5.41, 5.74) is -2.42. The Morgan fingerprint density at radius 1 is 0.455 bits per heavy atom. The second-order valence-electron chi connectivity index (χ2n) is 12.8. The molecule has 12 heteroatoms. The number of allylic oxidation sites excluding steroid dienone is 2. The first-order valence-corrected chi connectivity index (χ1v) is 18.5. The van der Waals surface area contributed by atoms with Crippen molar-refractivity contribution in [1.82, 2.24) is 0 Å². The van der Waals surface area contributed by atoms with Gasteiger partial charge in [-0.15, -0.1) is 22.7 Å². The molecule has 0 saturated heterocycles. The number of halogens is 6. The summed E-state index contributed by atoms with van der Waals surface area (Å²) in [7, 11) is 5.91. The van der Waals surface area contributed by atoms with Gasteiger partial charge >= 0.3 is 17.8 Å². The quantitative estimate of drug-likeness (QED) is 0.137. The molecule has 4 nitrogen and oxygen atoms in total. The fraction of sp³-hybridized carbons (Fsp3) is 0.163. The highest BCUT2D eigenvalue weighted by atomic mass is 32.1. The lowest BCUT2D eigenvalue weighted by molar-refractivity contribution is -0.254. The summed E-state index contributed by atoms with van der Waals surface area (Å²) >= 11 is 2.10. The summed E-state index contributed by atoms with van der Waals surface area (Å²) in [5, 5.41) is 1.43. The maximum Gasteiger partial charge on any atom is 0.380 e. The molecule has 0 bridgehead atoms. The Hall–Kier alpha value is -5.46. The molecule has 1 aliphatic rings. The minimum Gasteiger partial charge on any atom is -0.497 e. The fourth-order valence-corrected chi connectivity index (χ4v) is 9.55. The summed E-state index contributed by atoms with van der Waals surface area (Å²) < 4.78 is 121. The smallest absolute Gasteiger partial charge is 0.380 e. The average Bonchev–Trinajstić information content (AvgIpc) is 3.84. The van der Waals surface area contributed by atoms with Gasteiger partial charge in [-0.3, -0.25) is 0 Å². The minimum absolute atomic E-state index is 0.109. The maximum atomic E-state index is 16.8. The molecule has 7 aromatic rings. The van der Waals surface area contributed by atoms with Crippen LogP contribution in [0.3, 0.4) is 0 Å². The Labute approximate surface area is 319 Å². The predicted molar refractivity (Wildman–Crippen MR) is 208 cm³/mol. The van der Waals surface area contributed by atoms with Crippen LogP contribution in [-0.4, -0.2) is 46.2 Å². The van der Waals surface area contributed by atoms with Crippen LogP contribution in [0.25, 0.3) is 63.3 Å². The average molecular weight is 789 g/mol. The lowest BCUT2D eigenvalue weighted by Gasteiger charge is -2.26. The molecule has 0 spiro atoms. The topological polar surface area (TPSA) is 36.9 Å². The Morgan fingerprint density at radius 3 is 1.47 bits per heavy atom. The van der Waals surface area contributed by atoms with Gasteiger partial charge in [-0.05, 0) is 125 Å². The van der Waals surface area contributed by atoms with Crippen molar-refractivity contribution in [2.24, 2.45) is 0 Å². The van der Waals surface area contributed by atoms with Gasteiger partial charge in [0.05, 0.1) is 28.4 Å². The van der Waals surface area contributed by atoms with Crippen LogP contribution in [0.5, 0.6) is 23.0 Å². The van der Waals surface area contributed by atoms with Crippen LogP contribution in [0.2, 0.25) is 0 Å². The van der Waals surface area contributed by atoms with E-state index in [0.717, 1.165) is 22.7 Å². The molecule has 0 amide bonds. The third kappa shape index (κ3) is 5.64. The first-order chi connectivity index (χ1) is 26.3. The van der Waals surface area contributed by atoms with Gasteiger partial charge in [0.15, 0.2) is 0 Å². The molecular formula is C43H30F6O4S2. The van der Waals surface area contributed by atoms with E-state index in [1.54, 1.807) is 97.1 Å². The number of alkyl halides is 6. The van der Waals surface area contributed by atoms with E-state index in [9.17, 15) is 0 Å². The van der Waals surface area contributed by atoms with E-state index in [4.69, 9.17) is 18.9 Å². The first-order valence-electron chi connectivity index (χ1n) is 16.8. The molecule has 2 aromatic heterocycles. The lowest BCUT2D eigenvalue weighted by Crippen LogP contribution is -2.48. The third-order valence-electron chi connectivity index (χ3n) is 9.88. The zero-order valence-corrected chi connectivity index (χ0v) is 31.2. The molecule has 0 N–H and O–H groups in total. The van der Waals surface area contributed by atoms with E-state index in [0.29, 0.717) is 60.0 Å². The first kappa shape index (κ1) is 36.5. The van der Waals surface area contributed by atoms with Gasteiger partial charge in [0.25, 0.3) is 0 Å². The number of rotatable bonds is 9. The van der Waals surface area contributed by atoms with Gasteiger partial charge in [-0.2, -0.15) is 26.3 Å². The van der Waals surface area contributed by atoms with Crippen molar-refractivity contribution in [1.29, 1.82) is 0 Å². The summed E-state index contributed by atoms with van der Waals surface area (Å²) in [6.07, 6.45) is 0. The van der Waals surface area contributed by atoms with Crippen LogP contribution in [0.4, 0.5) is 26.3 Å². The Morgan fingerprint density at radius 2 is 0.927 bits per heavy atom. The van der Waals surface area contributed by atoms with Gasteiger partial charge in [-0.1, -0.05) is 12.1 Å². The molecule has 0 unspecified atom stereocenters. The van der Waals surface area contributed by atoms with Gasteiger partial charge in [0.2, 0.25) is 0 Å². The van der Waals surface area contributed by atoms with E-state index in [1.807, 2.05) is 0 Å². The van der Waals surface area contributed by atoms with Crippen molar-refractivity contribution in [3.05, 3.63) is 120 Å². The highest BCUT2D eigenvalue weighted by Crippen LogP contribution is 2.68. The Kier molecular flexibility index (Phi) is 8.88. The van der Waals surface area contributed by atoms with Crippen LogP contribution in [0.1, 0.15) is 11.1 Å². The molecule has 2 heterocycles. The third-order valence-corrected chi connectivity index (χ3v) is 12.4. The molecule has 0 fully saturated rings. The molecule has 0 radical (unpaired) electrons. The van der Waals surface area contributed by atoms with E-state index in [-0.39, 0.29) is 15.1 Å². The zero-order chi connectivity index (χ0) is 38.9. The van der Waals surface area contributed by atoms with E-state index >= 15 is 26.3 Å². The van der Waals surface area contributed by atoms with E-state index < -0.39 is 40.0 Å². The molecule has 1 aliphatic carbocycles. The molecule has 0 atom stereocenters. The summed E-state index contributed by atoms with van der Waals surface area (Å²) in [6, 6.07) is 29.1. The van der Waals surface area contributed by atoms with Crippen LogP contribution >= 0.6 is 22.7 Å². The summed E-state index contributed by atoms with van der Waals surface area (Å²) in [4.78, 5) is 0.630. The fourth-order valence-electron chi connectivity index (χ4n) is 7.02. The normalized spacial score (nSPS) is 15.8. The number of fused-ring (bicyclic) bond motifs is 3. The number of ether oxygens (including phenoxy) is 4. The number of methoxy groups -OCH3 is 4. The molecule has 0 saturated carbocycles. The molecular weight excluding hydrogens is 759 g/mol. The SMILES string of the molecule is COc1ccc(-c2cc(C3=C(c4c(-c5ccc(OC)cc5)sc5c4ccc4cc(OC)ccc45)C(F)(F)C(F)(F)C3(F)F)c(-c3ccc(OC)cc3)s2)cc1. The van der Waals surface area contributed by atoms with Crippen molar-refractivity contribution in [2.75, 3.05) is 28.4 Å². The van der Waals surface area contributed by atoms with Crippen molar-refractivity contribution >= 4 is 54.7 Å². The summed E-state index contributed by atoms with van der Waals surface area (Å²) in [6.45, 7) is 0. The van der Waals surface area contributed by atoms with E-state index in [2.05, 4.69) is 0 Å². The summed E-state index contributed by atoms with van der Waals surface area (Å²) in [5.74, 6) is -14.4. The number of benzene rings is 5. The minimum atomic E-state index is -5.79. The van der Waals surface area contributed by atoms with Crippen molar-refractivity contribution in [3.63, 3.8) is 0 Å². The Balaban J connectivity index is 1.51. The lowest BCUT2D eigenvalue weighted by atomic mass is 9.90. The number of hydrogen-bond donors (Lipinski definition) is 0. The second-order valence-corrected chi connectivity index (χ2v) is 14.9. The van der Waals surface area contributed by atoms with Crippen LogP contribution in [-0.2, 0) is 0 Å². The molecule has 55 heavy (non-hydrogen) atoms. The van der Waals surface area contributed by atoms with Crippen LogP contribution in [0.15, 0.2) is 109 Å².